The van der Waals surface area contributed by atoms with Crippen LogP contribution in [0.3, 0.4) is 0 Å². The van der Waals surface area contributed by atoms with Gasteiger partial charge in [-0.2, -0.15) is 0 Å². The first-order valence-corrected chi connectivity index (χ1v) is 6.24. The highest BCUT2D eigenvalue weighted by Crippen LogP contribution is 2.32. The van der Waals surface area contributed by atoms with Gasteiger partial charge >= 0.3 is 0 Å². The van der Waals surface area contributed by atoms with E-state index in [4.69, 9.17) is 9.47 Å². The van der Waals surface area contributed by atoms with Crippen molar-refractivity contribution in [1.82, 2.24) is 9.97 Å². The first-order valence-electron chi connectivity index (χ1n) is 6.24. The number of rotatable bonds is 3. The lowest BCUT2D eigenvalue weighted by Gasteiger charge is -2.09. The quantitative estimate of drug-likeness (QED) is 0.729. The molecule has 0 aliphatic rings. The van der Waals surface area contributed by atoms with E-state index in [2.05, 4.69) is 16.0 Å². The van der Waals surface area contributed by atoms with E-state index in [1.165, 1.54) is 0 Å². The minimum Gasteiger partial charge on any atom is -0.493 e. The smallest absolute Gasteiger partial charge is 0.162 e. The molecule has 2 heterocycles. The van der Waals surface area contributed by atoms with Gasteiger partial charge in [-0.15, -0.1) is 0 Å². The van der Waals surface area contributed by atoms with Gasteiger partial charge < -0.3 is 9.47 Å². The first kappa shape index (κ1) is 12.4. The Labute approximate surface area is 117 Å². The van der Waals surface area contributed by atoms with Crippen molar-refractivity contribution in [2.75, 3.05) is 14.2 Å². The van der Waals surface area contributed by atoms with Crippen LogP contribution in [0.15, 0.2) is 48.9 Å². The van der Waals surface area contributed by atoms with E-state index >= 15 is 0 Å². The summed E-state index contributed by atoms with van der Waals surface area (Å²) < 4.78 is 10.6. The predicted molar refractivity (Wildman–Crippen MR) is 78.1 cm³/mol. The lowest BCUT2D eigenvalue weighted by atomic mass is 10.1. The van der Waals surface area contributed by atoms with Gasteiger partial charge in [0, 0.05) is 41.2 Å². The summed E-state index contributed by atoms with van der Waals surface area (Å²) in [5, 5.41) is 1.00. The molecule has 0 saturated carbocycles. The predicted octanol–water partition coefficient (Wildman–Crippen LogP) is 3.31. The maximum absolute atomic E-state index is 5.32. The third-order valence-corrected chi connectivity index (χ3v) is 3.18. The van der Waals surface area contributed by atoms with Gasteiger partial charge in [0.15, 0.2) is 11.5 Å². The number of pyridine rings is 2. The van der Waals surface area contributed by atoms with Crippen molar-refractivity contribution >= 4 is 10.9 Å². The number of nitrogens with zero attached hydrogens (tertiary/aromatic N) is 2. The van der Waals surface area contributed by atoms with Gasteiger partial charge in [0.25, 0.3) is 0 Å². The third kappa shape index (κ3) is 2.16. The molecule has 0 radical (unpaired) electrons. The molecule has 3 aromatic rings. The summed E-state index contributed by atoms with van der Waals surface area (Å²) in [4.78, 5) is 8.61. The molecule has 2 aromatic heterocycles. The summed E-state index contributed by atoms with van der Waals surface area (Å²) in [6.07, 6.45) is 5.42. The van der Waals surface area contributed by atoms with Crippen LogP contribution < -0.4 is 9.47 Å². The SMILES string of the molecule is COc1cc2cc(-c3cccnc3)cnc2cc1OC. The van der Waals surface area contributed by atoms with E-state index < -0.39 is 0 Å². The Morgan fingerprint density at radius 2 is 1.70 bits per heavy atom. The molecular weight excluding hydrogens is 252 g/mol. The van der Waals surface area contributed by atoms with Gasteiger partial charge in [-0.05, 0) is 18.2 Å². The van der Waals surface area contributed by atoms with Crippen molar-refractivity contribution in [3.05, 3.63) is 48.9 Å². The summed E-state index contributed by atoms with van der Waals surface area (Å²) >= 11 is 0. The molecule has 0 aliphatic heterocycles. The fourth-order valence-electron chi connectivity index (χ4n) is 2.15. The topological polar surface area (TPSA) is 44.2 Å². The number of aromatic nitrogens is 2. The second-order valence-corrected chi connectivity index (χ2v) is 4.37. The van der Waals surface area contributed by atoms with Crippen molar-refractivity contribution < 1.29 is 9.47 Å². The highest BCUT2D eigenvalue weighted by Gasteiger charge is 2.08. The van der Waals surface area contributed by atoms with Crippen LogP contribution in [0.2, 0.25) is 0 Å². The number of fused-ring (bicyclic) bond motifs is 1. The van der Waals surface area contributed by atoms with Crippen LogP contribution in [0.1, 0.15) is 0 Å². The molecule has 0 aliphatic carbocycles. The molecule has 0 N–H and O–H groups in total. The number of benzene rings is 1. The average Bonchev–Trinajstić information content (AvgIpc) is 2.53. The lowest BCUT2D eigenvalue weighted by molar-refractivity contribution is 0.356. The summed E-state index contributed by atoms with van der Waals surface area (Å²) in [5.74, 6) is 1.38. The molecule has 0 fully saturated rings. The Hall–Kier alpha value is -2.62. The summed E-state index contributed by atoms with van der Waals surface area (Å²) in [7, 11) is 3.25. The van der Waals surface area contributed by atoms with E-state index in [9.17, 15) is 0 Å². The summed E-state index contributed by atoms with van der Waals surface area (Å²) in [6.45, 7) is 0. The molecular formula is C16H14N2O2. The number of hydrogen-bond acceptors (Lipinski definition) is 4. The summed E-state index contributed by atoms with van der Waals surface area (Å²) in [5.41, 5.74) is 2.93. The van der Waals surface area contributed by atoms with Gasteiger partial charge in [0.2, 0.25) is 0 Å². The van der Waals surface area contributed by atoms with E-state index in [0.29, 0.717) is 11.5 Å². The molecule has 0 spiro atoms. The molecule has 20 heavy (non-hydrogen) atoms. The van der Waals surface area contributed by atoms with Crippen molar-refractivity contribution in [3.8, 4) is 22.6 Å². The van der Waals surface area contributed by atoms with E-state index in [1.54, 1.807) is 20.4 Å². The van der Waals surface area contributed by atoms with Gasteiger partial charge in [-0.3, -0.25) is 9.97 Å². The Bertz CT molecular complexity index is 742. The van der Waals surface area contributed by atoms with Gasteiger partial charge in [0.1, 0.15) is 0 Å². The molecule has 4 nitrogen and oxygen atoms in total. The largest absolute Gasteiger partial charge is 0.493 e. The minimum absolute atomic E-state index is 0.682. The number of methoxy groups -OCH3 is 2. The highest BCUT2D eigenvalue weighted by molar-refractivity contribution is 5.86. The average molecular weight is 266 g/mol. The van der Waals surface area contributed by atoms with Crippen LogP contribution in [0.4, 0.5) is 0 Å². The van der Waals surface area contributed by atoms with Crippen LogP contribution >= 0.6 is 0 Å². The molecule has 0 saturated heterocycles. The zero-order valence-electron chi connectivity index (χ0n) is 11.3. The maximum Gasteiger partial charge on any atom is 0.162 e. The molecule has 3 rings (SSSR count). The highest BCUT2D eigenvalue weighted by atomic mass is 16.5. The second-order valence-electron chi connectivity index (χ2n) is 4.37. The van der Waals surface area contributed by atoms with Crippen LogP contribution in [-0.2, 0) is 0 Å². The van der Waals surface area contributed by atoms with E-state index in [-0.39, 0.29) is 0 Å². The van der Waals surface area contributed by atoms with Crippen molar-refractivity contribution in [2.24, 2.45) is 0 Å². The van der Waals surface area contributed by atoms with Crippen LogP contribution in [-0.4, -0.2) is 24.2 Å². The number of hydrogen-bond donors (Lipinski definition) is 0. The van der Waals surface area contributed by atoms with E-state index in [1.807, 2.05) is 36.7 Å². The normalized spacial score (nSPS) is 10.5. The molecule has 4 heteroatoms. The third-order valence-electron chi connectivity index (χ3n) is 3.18. The maximum atomic E-state index is 5.32. The van der Waals surface area contributed by atoms with Crippen LogP contribution in [0, 0.1) is 0 Å². The van der Waals surface area contributed by atoms with Gasteiger partial charge in [-0.1, -0.05) is 6.07 Å². The lowest BCUT2D eigenvalue weighted by Crippen LogP contribution is -1.92. The molecule has 0 unspecified atom stereocenters. The second kappa shape index (κ2) is 5.17. The molecule has 0 atom stereocenters. The molecule has 100 valence electrons. The Morgan fingerprint density at radius 3 is 2.40 bits per heavy atom. The summed E-state index contributed by atoms with van der Waals surface area (Å²) in [6, 6.07) is 9.80. The molecule has 0 bridgehead atoms. The fraction of sp³-hybridized carbons (Fsp3) is 0.125. The van der Waals surface area contributed by atoms with Crippen LogP contribution in [0.5, 0.6) is 11.5 Å². The molecule has 0 amide bonds. The Morgan fingerprint density at radius 1 is 0.900 bits per heavy atom. The monoisotopic (exact) mass is 266 g/mol. The zero-order chi connectivity index (χ0) is 13.9. The van der Waals surface area contributed by atoms with Gasteiger partial charge in [-0.25, -0.2) is 0 Å². The van der Waals surface area contributed by atoms with Gasteiger partial charge in [0.05, 0.1) is 19.7 Å². The van der Waals surface area contributed by atoms with Crippen molar-refractivity contribution in [2.45, 2.75) is 0 Å². The van der Waals surface area contributed by atoms with Crippen molar-refractivity contribution in [1.29, 1.82) is 0 Å². The Balaban J connectivity index is 2.16. The fourth-order valence-corrected chi connectivity index (χ4v) is 2.15. The molecule has 1 aromatic carbocycles. The standard InChI is InChI=1S/C16H14N2O2/c1-19-15-7-12-6-13(11-4-3-5-17-9-11)10-18-14(12)8-16(15)20-2/h3-10H,1-2H3. The van der Waals surface area contributed by atoms with Crippen molar-refractivity contribution in [3.63, 3.8) is 0 Å². The zero-order valence-corrected chi connectivity index (χ0v) is 11.3. The minimum atomic E-state index is 0.682. The number of ether oxygens (including phenoxy) is 2. The van der Waals surface area contributed by atoms with Crippen LogP contribution in [0.25, 0.3) is 22.0 Å². The Kier molecular flexibility index (Phi) is 3.21. The van der Waals surface area contributed by atoms with E-state index in [0.717, 1.165) is 22.0 Å². The first-order chi connectivity index (χ1) is 9.81.